The summed E-state index contributed by atoms with van der Waals surface area (Å²) in [5.74, 6) is 2.24. The van der Waals surface area contributed by atoms with Crippen molar-refractivity contribution in [1.82, 2.24) is 19.9 Å². The Labute approximate surface area is 324 Å². The molecule has 0 aliphatic carbocycles. The molecule has 0 atom stereocenters. The van der Waals surface area contributed by atoms with Crippen molar-refractivity contribution < 1.29 is 13.3 Å². The highest BCUT2D eigenvalue weighted by Gasteiger charge is 2.22. The van der Waals surface area contributed by atoms with Gasteiger partial charge in [-0.1, -0.05) is 127 Å². The van der Waals surface area contributed by atoms with Crippen molar-refractivity contribution in [3.05, 3.63) is 170 Å². The second kappa shape index (κ2) is 12.3. The number of nitrogens with zero attached hydrogens (tertiary/aromatic N) is 4. The van der Waals surface area contributed by atoms with Gasteiger partial charge in [0.05, 0.1) is 5.39 Å². The van der Waals surface area contributed by atoms with Gasteiger partial charge in [0.15, 0.2) is 23.1 Å². The predicted molar refractivity (Wildman–Crippen MR) is 227 cm³/mol. The number of benzene rings is 8. The molecule has 4 aromatic heterocycles. The molecule has 4 heterocycles. The predicted octanol–water partition coefficient (Wildman–Crippen LogP) is 13.3. The molecule has 0 saturated carbocycles. The fourth-order valence-electron chi connectivity index (χ4n) is 8.13. The van der Waals surface area contributed by atoms with Crippen LogP contribution in [0, 0.1) is 0 Å². The average molecular weight is 733 g/mol. The topological polar surface area (TPSA) is 91.0 Å². The normalized spacial score (nSPS) is 11.9. The third kappa shape index (κ3) is 4.99. The molecule has 266 valence electrons. The first-order valence-corrected chi connectivity index (χ1v) is 18.8. The number of oxazole rings is 1. The Bertz CT molecular complexity index is 3530. The maximum Gasteiger partial charge on any atom is 0.227 e. The summed E-state index contributed by atoms with van der Waals surface area (Å²) < 4.78 is 19.5. The van der Waals surface area contributed by atoms with Gasteiger partial charge in [0.2, 0.25) is 5.89 Å². The molecule has 0 N–H and O–H groups in total. The first kappa shape index (κ1) is 31.5. The van der Waals surface area contributed by atoms with E-state index in [9.17, 15) is 0 Å². The van der Waals surface area contributed by atoms with Crippen molar-refractivity contribution in [3.63, 3.8) is 0 Å². The highest BCUT2D eigenvalue weighted by Crippen LogP contribution is 2.43. The van der Waals surface area contributed by atoms with Crippen LogP contribution in [0.15, 0.2) is 183 Å². The minimum atomic E-state index is 0.540. The highest BCUT2D eigenvalue weighted by atomic mass is 16.4. The van der Waals surface area contributed by atoms with E-state index in [-0.39, 0.29) is 0 Å². The fourth-order valence-corrected chi connectivity index (χ4v) is 8.13. The molecule has 0 spiro atoms. The van der Waals surface area contributed by atoms with Crippen LogP contribution >= 0.6 is 0 Å². The molecule has 0 amide bonds. The molecule has 57 heavy (non-hydrogen) atoms. The minimum absolute atomic E-state index is 0.540. The summed E-state index contributed by atoms with van der Waals surface area (Å²) in [6.45, 7) is 0. The van der Waals surface area contributed by atoms with Crippen molar-refractivity contribution >= 4 is 65.7 Å². The Hall–Kier alpha value is -7.90. The van der Waals surface area contributed by atoms with E-state index in [1.807, 2.05) is 121 Å². The van der Waals surface area contributed by atoms with Crippen molar-refractivity contribution in [2.45, 2.75) is 0 Å². The van der Waals surface area contributed by atoms with E-state index in [1.165, 1.54) is 0 Å². The van der Waals surface area contributed by atoms with Gasteiger partial charge in [-0.2, -0.15) is 0 Å². The van der Waals surface area contributed by atoms with Crippen LogP contribution in [-0.2, 0) is 0 Å². The Morgan fingerprint density at radius 2 is 0.965 bits per heavy atom. The zero-order valence-electron chi connectivity index (χ0n) is 30.2. The van der Waals surface area contributed by atoms with Gasteiger partial charge in [-0.05, 0) is 58.8 Å². The van der Waals surface area contributed by atoms with Gasteiger partial charge in [-0.15, -0.1) is 0 Å². The lowest BCUT2D eigenvalue weighted by atomic mass is 9.98. The number of para-hydroxylation sites is 2. The van der Waals surface area contributed by atoms with Gasteiger partial charge < -0.3 is 13.3 Å². The Balaban J connectivity index is 1.06. The molecule has 12 aromatic rings. The van der Waals surface area contributed by atoms with Crippen LogP contribution in [-0.4, -0.2) is 19.9 Å². The number of aromatic nitrogens is 4. The summed E-state index contributed by atoms with van der Waals surface area (Å²) in [6.07, 6.45) is 0. The Morgan fingerprint density at radius 3 is 1.81 bits per heavy atom. The quantitative estimate of drug-likeness (QED) is 0.174. The van der Waals surface area contributed by atoms with E-state index in [0.29, 0.717) is 40.1 Å². The maximum absolute atomic E-state index is 6.63. The second-order valence-electron chi connectivity index (χ2n) is 14.2. The molecule has 0 bridgehead atoms. The lowest BCUT2D eigenvalue weighted by Crippen LogP contribution is -2.00. The second-order valence-corrected chi connectivity index (χ2v) is 14.2. The van der Waals surface area contributed by atoms with E-state index in [1.54, 1.807) is 0 Å². The van der Waals surface area contributed by atoms with Crippen molar-refractivity contribution in [3.8, 4) is 56.7 Å². The molecule has 8 aromatic carbocycles. The van der Waals surface area contributed by atoms with Crippen LogP contribution in [0.1, 0.15) is 0 Å². The first-order chi connectivity index (χ1) is 28.2. The fraction of sp³-hybridized carbons (Fsp3) is 0. The third-order valence-corrected chi connectivity index (χ3v) is 10.8. The molecule has 12 rings (SSSR count). The van der Waals surface area contributed by atoms with E-state index < -0.39 is 0 Å². The standard InChI is InChI=1S/C50H28N4O3/c1-3-13-29(14-4-1)47-52-48(32-18-11-17-31(27-32)33-22-12-23-37-35-20-9-10-24-40(35)56-45(33)37)54-49(53-47)38-28-42-43(36-21-8-7-19-34(36)38)44-41(55-42)26-25-39-46(44)57-50(51-39)30-15-5-2-6-16-30/h1-28H. The molecule has 7 heteroatoms. The van der Waals surface area contributed by atoms with E-state index >= 15 is 0 Å². The Morgan fingerprint density at radius 1 is 0.316 bits per heavy atom. The molecule has 0 aliphatic heterocycles. The van der Waals surface area contributed by atoms with Gasteiger partial charge in [0.1, 0.15) is 27.8 Å². The summed E-state index contributed by atoms with van der Waals surface area (Å²) in [5.41, 5.74) is 10.1. The monoisotopic (exact) mass is 732 g/mol. The van der Waals surface area contributed by atoms with Crippen LogP contribution in [0.4, 0.5) is 0 Å². The molecule has 0 aliphatic rings. The van der Waals surface area contributed by atoms with Crippen LogP contribution in [0.25, 0.3) is 122 Å². The summed E-state index contributed by atoms with van der Waals surface area (Å²) in [6, 6.07) is 57.0. The van der Waals surface area contributed by atoms with Crippen LogP contribution in [0.2, 0.25) is 0 Å². The van der Waals surface area contributed by atoms with E-state index in [0.717, 1.165) is 82.4 Å². The Kier molecular flexibility index (Phi) is 6.79. The van der Waals surface area contributed by atoms with Gasteiger partial charge in [-0.25, -0.2) is 19.9 Å². The largest absolute Gasteiger partial charge is 0.456 e. The van der Waals surface area contributed by atoms with Gasteiger partial charge >= 0.3 is 0 Å². The van der Waals surface area contributed by atoms with Crippen molar-refractivity contribution in [1.29, 1.82) is 0 Å². The van der Waals surface area contributed by atoms with E-state index in [2.05, 4.69) is 48.5 Å². The number of hydrogen-bond donors (Lipinski definition) is 0. The van der Waals surface area contributed by atoms with Crippen molar-refractivity contribution in [2.75, 3.05) is 0 Å². The molecule has 0 radical (unpaired) electrons. The zero-order valence-corrected chi connectivity index (χ0v) is 30.2. The molecular formula is C50H28N4O3. The first-order valence-electron chi connectivity index (χ1n) is 18.8. The lowest BCUT2D eigenvalue weighted by molar-refractivity contribution is 0.622. The van der Waals surface area contributed by atoms with Gasteiger partial charge in [-0.3, -0.25) is 0 Å². The average Bonchev–Trinajstić information content (AvgIpc) is 4.00. The number of hydrogen-bond acceptors (Lipinski definition) is 7. The molecule has 7 nitrogen and oxygen atoms in total. The van der Waals surface area contributed by atoms with Crippen LogP contribution in [0.5, 0.6) is 0 Å². The summed E-state index contributed by atoms with van der Waals surface area (Å²) in [5, 5.41) is 5.99. The molecule has 0 unspecified atom stereocenters. The SMILES string of the molecule is c1ccc(-c2nc(-c3cccc(-c4cccc5c4oc4ccccc45)c3)nc(-c3cc4oc5ccc6nc(-c7ccccc7)oc6c5c4c4ccccc34)n2)cc1. The molecule has 0 fully saturated rings. The number of furan rings is 2. The maximum atomic E-state index is 6.63. The van der Waals surface area contributed by atoms with Crippen LogP contribution in [0.3, 0.4) is 0 Å². The molecule has 0 saturated heterocycles. The third-order valence-electron chi connectivity index (χ3n) is 10.8. The number of fused-ring (bicyclic) bond motifs is 10. The zero-order chi connectivity index (χ0) is 37.5. The smallest absolute Gasteiger partial charge is 0.227 e. The van der Waals surface area contributed by atoms with Gasteiger partial charge in [0.25, 0.3) is 0 Å². The number of rotatable bonds is 5. The summed E-state index contributed by atoms with van der Waals surface area (Å²) >= 11 is 0. The van der Waals surface area contributed by atoms with Crippen LogP contribution < -0.4 is 0 Å². The summed E-state index contributed by atoms with van der Waals surface area (Å²) in [7, 11) is 0. The van der Waals surface area contributed by atoms with E-state index in [4.69, 9.17) is 33.2 Å². The minimum Gasteiger partial charge on any atom is -0.456 e. The highest BCUT2D eigenvalue weighted by molar-refractivity contribution is 6.27. The molecular weight excluding hydrogens is 705 g/mol. The lowest BCUT2D eigenvalue weighted by Gasteiger charge is -2.12. The summed E-state index contributed by atoms with van der Waals surface area (Å²) in [4.78, 5) is 20.3. The van der Waals surface area contributed by atoms with Gasteiger partial charge in [0, 0.05) is 44.0 Å². The van der Waals surface area contributed by atoms with Crippen molar-refractivity contribution in [2.24, 2.45) is 0 Å².